The van der Waals surface area contributed by atoms with E-state index in [1.165, 1.54) is 6.07 Å². The number of benzene rings is 1. The minimum atomic E-state index is -0.320. The number of furan rings is 1. The van der Waals surface area contributed by atoms with Gasteiger partial charge in [0.2, 0.25) is 0 Å². The monoisotopic (exact) mass is 291 g/mol. The van der Waals surface area contributed by atoms with Crippen LogP contribution in [0.1, 0.15) is 17.1 Å². The van der Waals surface area contributed by atoms with E-state index in [1.54, 1.807) is 19.1 Å². The summed E-state index contributed by atoms with van der Waals surface area (Å²) in [6, 6.07) is 8.48. The van der Waals surface area contributed by atoms with E-state index < -0.39 is 0 Å². The topological polar surface area (TPSA) is 46.7 Å². The minimum absolute atomic E-state index is 0.154. The Bertz CT molecular complexity index is 637. The van der Waals surface area contributed by atoms with Gasteiger partial charge in [-0.15, -0.1) is 0 Å². The summed E-state index contributed by atoms with van der Waals surface area (Å²) in [5.41, 5.74) is 1.04. The SMILES string of the molecule is Cc1ccc(C[NH+](C)CC(=O)Nc2ccc(C)c(F)c2)o1. The van der Waals surface area contributed by atoms with E-state index in [-0.39, 0.29) is 18.3 Å². The Kier molecular flexibility index (Phi) is 4.75. The molecular formula is C16H20FN2O2+. The van der Waals surface area contributed by atoms with Crippen LogP contribution in [0.2, 0.25) is 0 Å². The summed E-state index contributed by atoms with van der Waals surface area (Å²) < 4.78 is 18.9. The molecule has 0 bridgehead atoms. The summed E-state index contributed by atoms with van der Waals surface area (Å²) in [4.78, 5) is 12.9. The zero-order chi connectivity index (χ0) is 15.4. The van der Waals surface area contributed by atoms with Gasteiger partial charge in [0.25, 0.3) is 5.91 Å². The molecule has 1 atom stereocenters. The Morgan fingerprint density at radius 1 is 1.29 bits per heavy atom. The van der Waals surface area contributed by atoms with Crippen LogP contribution in [0.4, 0.5) is 10.1 Å². The molecule has 0 saturated heterocycles. The van der Waals surface area contributed by atoms with Gasteiger partial charge in [0, 0.05) is 5.69 Å². The fourth-order valence-corrected chi connectivity index (χ4v) is 2.09. The van der Waals surface area contributed by atoms with E-state index in [4.69, 9.17) is 4.42 Å². The minimum Gasteiger partial charge on any atom is -0.460 e. The van der Waals surface area contributed by atoms with Crippen molar-refractivity contribution in [1.82, 2.24) is 0 Å². The van der Waals surface area contributed by atoms with Crippen molar-refractivity contribution < 1.29 is 18.5 Å². The lowest BCUT2D eigenvalue weighted by atomic mass is 10.2. The molecule has 0 aliphatic carbocycles. The molecule has 2 aromatic rings. The molecule has 0 spiro atoms. The van der Waals surface area contributed by atoms with E-state index in [0.29, 0.717) is 17.8 Å². The van der Waals surface area contributed by atoms with Gasteiger partial charge in [-0.1, -0.05) is 6.07 Å². The molecule has 5 heteroatoms. The standard InChI is InChI=1S/C16H19FN2O2/c1-11-4-6-13(8-15(11)17)18-16(20)10-19(3)9-14-7-5-12(2)21-14/h4-8H,9-10H2,1-3H3,(H,18,20)/p+1. The molecule has 1 unspecified atom stereocenters. The number of rotatable bonds is 5. The number of anilines is 1. The van der Waals surface area contributed by atoms with Gasteiger partial charge >= 0.3 is 0 Å². The fraction of sp³-hybridized carbons (Fsp3) is 0.312. The highest BCUT2D eigenvalue weighted by molar-refractivity contribution is 5.91. The number of amides is 1. The number of aryl methyl sites for hydroxylation is 2. The smallest absolute Gasteiger partial charge is 0.279 e. The quantitative estimate of drug-likeness (QED) is 0.880. The molecule has 0 radical (unpaired) electrons. The summed E-state index contributed by atoms with van der Waals surface area (Å²) in [6.45, 7) is 4.49. The molecule has 1 aromatic heterocycles. The van der Waals surface area contributed by atoms with Crippen molar-refractivity contribution in [1.29, 1.82) is 0 Å². The lowest BCUT2D eigenvalue weighted by Gasteiger charge is -2.12. The molecule has 0 fully saturated rings. The van der Waals surface area contributed by atoms with E-state index in [2.05, 4.69) is 5.32 Å². The van der Waals surface area contributed by atoms with Gasteiger partial charge in [-0.2, -0.15) is 0 Å². The normalized spacial score (nSPS) is 12.2. The molecule has 2 rings (SSSR count). The summed E-state index contributed by atoms with van der Waals surface area (Å²) in [7, 11) is 1.91. The third-order valence-corrected chi connectivity index (χ3v) is 3.19. The molecule has 0 aliphatic rings. The largest absolute Gasteiger partial charge is 0.460 e. The Morgan fingerprint density at radius 3 is 2.67 bits per heavy atom. The maximum absolute atomic E-state index is 13.4. The van der Waals surface area contributed by atoms with E-state index in [1.807, 2.05) is 26.1 Å². The van der Waals surface area contributed by atoms with Gasteiger partial charge in [-0.25, -0.2) is 4.39 Å². The number of likely N-dealkylation sites (N-methyl/N-ethyl adjacent to an activating group) is 1. The van der Waals surface area contributed by atoms with Crippen molar-refractivity contribution in [3.05, 3.63) is 53.2 Å². The number of hydrogen-bond donors (Lipinski definition) is 2. The van der Waals surface area contributed by atoms with Crippen LogP contribution in [-0.2, 0) is 11.3 Å². The van der Waals surface area contributed by atoms with Crippen molar-refractivity contribution >= 4 is 11.6 Å². The summed E-state index contributed by atoms with van der Waals surface area (Å²) in [5.74, 6) is 1.23. The van der Waals surface area contributed by atoms with Crippen LogP contribution < -0.4 is 10.2 Å². The lowest BCUT2D eigenvalue weighted by molar-refractivity contribution is -0.886. The molecule has 2 N–H and O–H groups in total. The van der Waals surface area contributed by atoms with Gasteiger partial charge in [0.05, 0.1) is 7.05 Å². The van der Waals surface area contributed by atoms with Gasteiger partial charge in [0.15, 0.2) is 12.3 Å². The molecule has 112 valence electrons. The zero-order valence-corrected chi connectivity index (χ0v) is 12.5. The van der Waals surface area contributed by atoms with Crippen LogP contribution in [0.15, 0.2) is 34.7 Å². The molecule has 4 nitrogen and oxygen atoms in total. The molecule has 1 heterocycles. The van der Waals surface area contributed by atoms with Crippen LogP contribution in [0.25, 0.3) is 0 Å². The molecule has 1 aromatic carbocycles. The van der Waals surface area contributed by atoms with Crippen molar-refractivity contribution in [3.63, 3.8) is 0 Å². The average Bonchev–Trinajstić information content (AvgIpc) is 2.79. The van der Waals surface area contributed by atoms with Gasteiger partial charge in [-0.05, 0) is 43.7 Å². The van der Waals surface area contributed by atoms with E-state index in [0.717, 1.165) is 16.4 Å². The highest BCUT2D eigenvalue weighted by atomic mass is 19.1. The van der Waals surface area contributed by atoms with E-state index in [9.17, 15) is 9.18 Å². The predicted molar refractivity (Wildman–Crippen MR) is 78.7 cm³/mol. The highest BCUT2D eigenvalue weighted by Crippen LogP contribution is 2.13. The first kappa shape index (κ1) is 15.3. The number of halogens is 1. The molecule has 0 saturated carbocycles. The zero-order valence-electron chi connectivity index (χ0n) is 12.5. The van der Waals surface area contributed by atoms with Crippen LogP contribution in [0.5, 0.6) is 0 Å². The first-order valence-corrected chi connectivity index (χ1v) is 6.86. The highest BCUT2D eigenvalue weighted by Gasteiger charge is 2.13. The Balaban J connectivity index is 1.87. The maximum Gasteiger partial charge on any atom is 0.279 e. The summed E-state index contributed by atoms with van der Waals surface area (Å²) in [5, 5.41) is 2.70. The number of carbonyl (C=O) groups excluding carboxylic acids is 1. The molecule has 1 amide bonds. The lowest BCUT2D eigenvalue weighted by Crippen LogP contribution is -3.08. The second-order valence-electron chi connectivity index (χ2n) is 5.34. The number of hydrogen-bond acceptors (Lipinski definition) is 2. The van der Waals surface area contributed by atoms with Crippen LogP contribution in [0, 0.1) is 19.7 Å². The fourth-order valence-electron chi connectivity index (χ4n) is 2.09. The Hall–Kier alpha value is -2.14. The average molecular weight is 291 g/mol. The number of nitrogens with one attached hydrogen (secondary N) is 2. The van der Waals surface area contributed by atoms with Crippen molar-refractivity contribution in [2.45, 2.75) is 20.4 Å². The molecule has 21 heavy (non-hydrogen) atoms. The van der Waals surface area contributed by atoms with Crippen LogP contribution in [0.3, 0.4) is 0 Å². The molecule has 0 aliphatic heterocycles. The summed E-state index contributed by atoms with van der Waals surface area (Å²) in [6.07, 6.45) is 0. The Labute approximate surface area is 123 Å². The van der Waals surface area contributed by atoms with Gasteiger partial charge in [-0.3, -0.25) is 4.79 Å². The van der Waals surface area contributed by atoms with Gasteiger partial charge < -0.3 is 14.6 Å². The van der Waals surface area contributed by atoms with Crippen LogP contribution >= 0.6 is 0 Å². The second kappa shape index (κ2) is 6.54. The van der Waals surface area contributed by atoms with Crippen molar-refractivity contribution in [2.24, 2.45) is 0 Å². The predicted octanol–water partition coefficient (Wildman–Crippen LogP) is 1.69. The summed E-state index contributed by atoms with van der Waals surface area (Å²) >= 11 is 0. The van der Waals surface area contributed by atoms with E-state index >= 15 is 0 Å². The Morgan fingerprint density at radius 2 is 2.05 bits per heavy atom. The van der Waals surface area contributed by atoms with Gasteiger partial charge in [0.1, 0.15) is 18.1 Å². The first-order chi connectivity index (χ1) is 9.94. The first-order valence-electron chi connectivity index (χ1n) is 6.86. The van der Waals surface area contributed by atoms with Crippen molar-refractivity contribution in [2.75, 3.05) is 18.9 Å². The number of carbonyl (C=O) groups is 1. The third kappa shape index (κ3) is 4.43. The second-order valence-corrected chi connectivity index (χ2v) is 5.34. The van der Waals surface area contributed by atoms with Crippen molar-refractivity contribution in [3.8, 4) is 0 Å². The third-order valence-electron chi connectivity index (χ3n) is 3.19. The molecular weight excluding hydrogens is 271 g/mol. The number of quaternary nitrogens is 1. The van der Waals surface area contributed by atoms with Crippen LogP contribution in [-0.4, -0.2) is 19.5 Å². The maximum atomic E-state index is 13.4.